The van der Waals surface area contributed by atoms with Crippen molar-refractivity contribution >= 4 is 0 Å². The lowest BCUT2D eigenvalue weighted by Gasteiger charge is -1.89. The summed E-state index contributed by atoms with van der Waals surface area (Å²) in [6.07, 6.45) is 5.80. The topological polar surface area (TPSA) is 51.8 Å². The van der Waals surface area contributed by atoms with Gasteiger partial charge in [0.2, 0.25) is 0 Å². The molecule has 2 aromatic rings. The van der Waals surface area contributed by atoms with Crippen molar-refractivity contribution in [3.8, 4) is 11.3 Å². The monoisotopic (exact) mass is 187 g/mol. The summed E-state index contributed by atoms with van der Waals surface area (Å²) in [7, 11) is 0. The van der Waals surface area contributed by atoms with Crippen LogP contribution in [0.25, 0.3) is 11.3 Å². The van der Waals surface area contributed by atoms with Crippen LogP contribution in [-0.4, -0.2) is 15.4 Å². The van der Waals surface area contributed by atoms with Gasteiger partial charge < -0.3 is 4.52 Å². The molecule has 4 heteroatoms. The molecule has 70 valence electrons. The van der Waals surface area contributed by atoms with E-state index in [0.717, 1.165) is 17.0 Å². The molecule has 0 radical (unpaired) electrons. The maximum absolute atomic E-state index is 5.23. The largest absolute Gasteiger partial charge is 0.356 e. The minimum absolute atomic E-state index is 0.627. The van der Waals surface area contributed by atoms with Gasteiger partial charge in [0.05, 0.1) is 18.1 Å². The van der Waals surface area contributed by atoms with E-state index < -0.39 is 0 Å². The van der Waals surface area contributed by atoms with Crippen LogP contribution in [0, 0.1) is 0 Å². The van der Waals surface area contributed by atoms with E-state index in [0.29, 0.717) is 5.92 Å². The summed E-state index contributed by atoms with van der Waals surface area (Å²) < 4.78 is 5.23. The number of hydrogen-bond donors (Lipinski definition) is 0. The normalized spacial score (nSPS) is 15.7. The average Bonchev–Trinajstić information content (AvgIpc) is 2.98. The fraction of sp³-hybridized carbons (Fsp3) is 0.300. The average molecular weight is 187 g/mol. The Labute approximate surface area is 81.0 Å². The van der Waals surface area contributed by atoms with E-state index in [1.807, 2.05) is 12.1 Å². The lowest BCUT2D eigenvalue weighted by Crippen LogP contribution is -1.79. The Bertz CT molecular complexity index is 434. The second-order valence-corrected chi connectivity index (χ2v) is 3.52. The lowest BCUT2D eigenvalue weighted by atomic mass is 10.2. The second kappa shape index (κ2) is 2.90. The molecule has 14 heavy (non-hydrogen) atoms. The summed E-state index contributed by atoms with van der Waals surface area (Å²) in [4.78, 5) is 0. The number of nitrogens with zero attached hydrogens (tertiary/aromatic N) is 3. The SMILES string of the molecule is c1cc(-c2cc(C3CC3)no2)cnn1. The van der Waals surface area contributed by atoms with Crippen LogP contribution in [-0.2, 0) is 0 Å². The zero-order valence-electron chi connectivity index (χ0n) is 7.55. The first-order valence-corrected chi connectivity index (χ1v) is 4.67. The fourth-order valence-electron chi connectivity index (χ4n) is 1.43. The van der Waals surface area contributed by atoms with Gasteiger partial charge in [-0.25, -0.2) is 0 Å². The molecule has 2 aromatic heterocycles. The van der Waals surface area contributed by atoms with Gasteiger partial charge in [-0.2, -0.15) is 10.2 Å². The Morgan fingerprint density at radius 1 is 1.29 bits per heavy atom. The smallest absolute Gasteiger partial charge is 0.168 e. The van der Waals surface area contributed by atoms with Crippen LogP contribution in [0.2, 0.25) is 0 Å². The first-order valence-electron chi connectivity index (χ1n) is 4.67. The van der Waals surface area contributed by atoms with Crippen LogP contribution in [0.3, 0.4) is 0 Å². The molecular weight excluding hydrogens is 178 g/mol. The second-order valence-electron chi connectivity index (χ2n) is 3.52. The van der Waals surface area contributed by atoms with E-state index in [4.69, 9.17) is 4.52 Å². The van der Waals surface area contributed by atoms with Crippen LogP contribution < -0.4 is 0 Å². The highest BCUT2D eigenvalue weighted by atomic mass is 16.5. The molecule has 0 bridgehead atoms. The van der Waals surface area contributed by atoms with Crippen LogP contribution in [0.1, 0.15) is 24.5 Å². The third-order valence-electron chi connectivity index (χ3n) is 2.39. The Kier molecular flexibility index (Phi) is 1.59. The summed E-state index contributed by atoms with van der Waals surface area (Å²) in [5.41, 5.74) is 2.00. The lowest BCUT2D eigenvalue weighted by molar-refractivity contribution is 0.423. The molecule has 0 atom stereocenters. The van der Waals surface area contributed by atoms with Gasteiger partial charge in [0.25, 0.3) is 0 Å². The quantitative estimate of drug-likeness (QED) is 0.721. The summed E-state index contributed by atoms with van der Waals surface area (Å²) >= 11 is 0. The minimum Gasteiger partial charge on any atom is -0.356 e. The van der Waals surface area contributed by atoms with E-state index in [-0.39, 0.29) is 0 Å². The van der Waals surface area contributed by atoms with Gasteiger partial charge in [0, 0.05) is 17.5 Å². The Hall–Kier alpha value is -1.71. The zero-order chi connectivity index (χ0) is 9.38. The standard InChI is InChI=1S/C10H9N3O/c1-2-7(1)9-5-10(14-13-9)8-3-4-11-12-6-8/h3-7H,1-2H2. The molecule has 0 aliphatic heterocycles. The van der Waals surface area contributed by atoms with Gasteiger partial charge in [-0.15, -0.1) is 0 Å². The number of aromatic nitrogens is 3. The molecule has 0 amide bonds. The summed E-state index contributed by atoms with van der Waals surface area (Å²) in [5, 5.41) is 11.5. The van der Waals surface area contributed by atoms with Gasteiger partial charge in [-0.05, 0) is 18.9 Å². The van der Waals surface area contributed by atoms with Crippen molar-refractivity contribution in [1.82, 2.24) is 15.4 Å². The number of rotatable bonds is 2. The summed E-state index contributed by atoms with van der Waals surface area (Å²) in [5.74, 6) is 1.41. The molecule has 1 fully saturated rings. The van der Waals surface area contributed by atoms with Crippen molar-refractivity contribution in [2.75, 3.05) is 0 Å². The molecule has 2 heterocycles. The molecule has 4 nitrogen and oxygen atoms in total. The van der Waals surface area contributed by atoms with Crippen molar-refractivity contribution in [3.63, 3.8) is 0 Å². The maximum Gasteiger partial charge on any atom is 0.168 e. The molecular formula is C10H9N3O. The molecule has 0 unspecified atom stereocenters. The predicted octanol–water partition coefficient (Wildman–Crippen LogP) is 2.01. The van der Waals surface area contributed by atoms with Crippen molar-refractivity contribution in [1.29, 1.82) is 0 Å². The zero-order valence-corrected chi connectivity index (χ0v) is 7.55. The summed E-state index contributed by atoms with van der Waals surface area (Å²) in [6, 6.07) is 3.86. The molecule has 1 aliphatic carbocycles. The molecule has 1 saturated carbocycles. The highest BCUT2D eigenvalue weighted by Crippen LogP contribution is 2.40. The van der Waals surface area contributed by atoms with Crippen molar-refractivity contribution < 1.29 is 4.52 Å². The highest BCUT2D eigenvalue weighted by molar-refractivity contribution is 5.55. The summed E-state index contributed by atoms with van der Waals surface area (Å²) in [6.45, 7) is 0. The molecule has 0 spiro atoms. The molecule has 0 aromatic carbocycles. The fourth-order valence-corrected chi connectivity index (χ4v) is 1.43. The first kappa shape index (κ1) is 7.67. The Morgan fingerprint density at radius 2 is 2.21 bits per heavy atom. The molecule has 1 aliphatic rings. The minimum atomic E-state index is 0.627. The van der Waals surface area contributed by atoms with Gasteiger partial charge in [0.1, 0.15) is 0 Å². The maximum atomic E-state index is 5.23. The van der Waals surface area contributed by atoms with E-state index >= 15 is 0 Å². The van der Waals surface area contributed by atoms with Crippen LogP contribution in [0.5, 0.6) is 0 Å². The Balaban J connectivity index is 1.96. The van der Waals surface area contributed by atoms with Gasteiger partial charge in [-0.1, -0.05) is 5.16 Å². The Morgan fingerprint density at radius 3 is 2.93 bits per heavy atom. The number of hydrogen-bond acceptors (Lipinski definition) is 4. The third kappa shape index (κ3) is 1.28. The van der Waals surface area contributed by atoms with Crippen molar-refractivity contribution in [2.24, 2.45) is 0 Å². The molecule has 0 N–H and O–H groups in total. The predicted molar refractivity (Wildman–Crippen MR) is 49.5 cm³/mol. The van der Waals surface area contributed by atoms with E-state index in [1.54, 1.807) is 12.4 Å². The molecule has 3 rings (SSSR count). The molecule has 0 saturated heterocycles. The van der Waals surface area contributed by atoms with Crippen molar-refractivity contribution in [3.05, 3.63) is 30.2 Å². The van der Waals surface area contributed by atoms with E-state index in [9.17, 15) is 0 Å². The third-order valence-corrected chi connectivity index (χ3v) is 2.39. The van der Waals surface area contributed by atoms with Gasteiger partial charge in [0.15, 0.2) is 5.76 Å². The van der Waals surface area contributed by atoms with E-state index in [2.05, 4.69) is 15.4 Å². The van der Waals surface area contributed by atoms with Crippen LogP contribution in [0.15, 0.2) is 29.0 Å². The van der Waals surface area contributed by atoms with Crippen LogP contribution in [0.4, 0.5) is 0 Å². The van der Waals surface area contributed by atoms with Gasteiger partial charge >= 0.3 is 0 Å². The van der Waals surface area contributed by atoms with Crippen LogP contribution >= 0.6 is 0 Å². The van der Waals surface area contributed by atoms with Crippen molar-refractivity contribution in [2.45, 2.75) is 18.8 Å². The van der Waals surface area contributed by atoms with Gasteiger partial charge in [-0.3, -0.25) is 0 Å². The van der Waals surface area contributed by atoms with E-state index in [1.165, 1.54) is 12.8 Å². The highest BCUT2D eigenvalue weighted by Gasteiger charge is 2.27. The first-order chi connectivity index (χ1) is 6.93.